The second-order valence-corrected chi connectivity index (χ2v) is 8.55. The van der Waals surface area contributed by atoms with Gasteiger partial charge in [0.1, 0.15) is 11.1 Å². The highest BCUT2D eigenvalue weighted by molar-refractivity contribution is 7.87. The van der Waals surface area contributed by atoms with Crippen LogP contribution < -0.4 is 14.6 Å². The van der Waals surface area contributed by atoms with Crippen molar-refractivity contribution in [2.24, 2.45) is 0 Å². The Balaban J connectivity index is 2.07. The minimum atomic E-state index is -4.04. The van der Waals surface area contributed by atoms with E-state index in [1.807, 2.05) is 19.1 Å². The zero-order valence-corrected chi connectivity index (χ0v) is 18.3. The third kappa shape index (κ3) is 5.96. The maximum Gasteiger partial charge on any atom is 0.496 e. The Bertz CT molecular complexity index is 943. The van der Waals surface area contributed by atoms with Crippen LogP contribution in [0, 0.1) is 20.8 Å². The lowest BCUT2D eigenvalue weighted by atomic mass is 10.1. The Morgan fingerprint density at radius 1 is 1.14 bits per heavy atom. The molecular formula is C20H30N3O5S+. The van der Waals surface area contributed by atoms with Gasteiger partial charge in [-0.25, -0.2) is 0 Å². The number of nitrogen functional groups attached to an aromatic ring is 1. The number of benzene rings is 1. The molecule has 0 spiro atoms. The van der Waals surface area contributed by atoms with E-state index in [0.29, 0.717) is 37.1 Å². The molecule has 0 fully saturated rings. The normalized spacial score (nSPS) is 11.4. The third-order valence-electron chi connectivity index (χ3n) is 4.50. The molecule has 2 rings (SSSR count). The van der Waals surface area contributed by atoms with Gasteiger partial charge in [-0.15, -0.1) is 0 Å². The van der Waals surface area contributed by atoms with Crippen LogP contribution in [0.15, 0.2) is 29.4 Å². The number of imidazole rings is 1. The monoisotopic (exact) mass is 424 g/mol. The zero-order valence-electron chi connectivity index (χ0n) is 17.5. The molecule has 0 aliphatic carbocycles. The molecule has 0 unspecified atom stereocenters. The SMILES string of the molecule is CCOC(=O)CCCCC[n+]1ccn(N)c1OS(=O)(=O)c1c(C)cc(C)cc1C. The lowest BCUT2D eigenvalue weighted by Crippen LogP contribution is -2.36. The van der Waals surface area contributed by atoms with Crippen molar-refractivity contribution in [3.05, 3.63) is 41.2 Å². The van der Waals surface area contributed by atoms with Gasteiger partial charge in [0.2, 0.25) is 0 Å². The molecule has 0 aliphatic rings. The number of nitrogens with two attached hydrogens (primary N) is 1. The lowest BCUT2D eigenvalue weighted by Gasteiger charge is -2.11. The summed E-state index contributed by atoms with van der Waals surface area (Å²) >= 11 is 0. The van der Waals surface area contributed by atoms with Crippen molar-refractivity contribution < 1.29 is 26.7 Å². The molecule has 9 heteroatoms. The van der Waals surface area contributed by atoms with Crippen molar-refractivity contribution in [1.29, 1.82) is 0 Å². The minimum absolute atomic E-state index is 0.0368. The molecule has 160 valence electrons. The molecule has 1 aromatic heterocycles. The van der Waals surface area contributed by atoms with Gasteiger partial charge in [-0.2, -0.15) is 13.0 Å². The van der Waals surface area contributed by atoms with Crippen LogP contribution in [0.1, 0.15) is 49.3 Å². The second-order valence-electron chi connectivity index (χ2n) is 7.06. The predicted octanol–water partition coefficient (Wildman–Crippen LogP) is 2.31. The van der Waals surface area contributed by atoms with E-state index in [-0.39, 0.29) is 16.9 Å². The number of carbonyl (C=O) groups is 1. The number of hydrogen-bond donors (Lipinski definition) is 1. The summed E-state index contributed by atoms with van der Waals surface area (Å²) < 4.78 is 38.9. The van der Waals surface area contributed by atoms with Crippen LogP contribution in [-0.2, 0) is 26.2 Å². The molecule has 0 aliphatic heterocycles. The average Bonchev–Trinajstić information content (AvgIpc) is 2.93. The maximum absolute atomic E-state index is 12.9. The number of ether oxygens (including phenoxy) is 1. The third-order valence-corrected chi connectivity index (χ3v) is 6.01. The topological polar surface area (TPSA) is 104 Å². The molecule has 0 radical (unpaired) electrons. The highest BCUT2D eigenvalue weighted by Gasteiger charge is 2.29. The minimum Gasteiger partial charge on any atom is -0.466 e. The molecule has 1 heterocycles. The van der Waals surface area contributed by atoms with Gasteiger partial charge in [0, 0.05) is 6.42 Å². The molecule has 2 aromatic rings. The van der Waals surface area contributed by atoms with Crippen molar-refractivity contribution in [3.8, 4) is 6.01 Å². The standard InChI is InChI=1S/C20H30N3O5S/c1-5-27-18(24)9-7-6-8-10-22-11-12-23(21)20(22)28-29(25,26)19-16(3)13-15(2)14-17(19)4/h11-14H,5-10,21H2,1-4H3/q+1. The number of carbonyl (C=O) groups excluding carboxylic acids is 1. The summed E-state index contributed by atoms with van der Waals surface area (Å²) in [5.41, 5.74) is 2.24. The first kappa shape index (κ1) is 22.7. The molecule has 1 aromatic carbocycles. The van der Waals surface area contributed by atoms with Gasteiger partial charge >= 0.3 is 22.1 Å². The van der Waals surface area contributed by atoms with E-state index in [4.69, 9.17) is 14.8 Å². The first-order chi connectivity index (χ1) is 13.7. The maximum atomic E-state index is 12.9. The van der Waals surface area contributed by atoms with Crippen molar-refractivity contribution in [2.75, 3.05) is 12.4 Å². The van der Waals surface area contributed by atoms with E-state index in [1.54, 1.807) is 37.7 Å². The van der Waals surface area contributed by atoms with E-state index in [2.05, 4.69) is 0 Å². The average molecular weight is 425 g/mol. The Kier molecular flexibility index (Phi) is 7.66. The van der Waals surface area contributed by atoms with Gasteiger partial charge in [0.25, 0.3) is 0 Å². The Morgan fingerprint density at radius 3 is 2.41 bits per heavy atom. The number of unbranched alkanes of at least 4 members (excludes halogenated alkanes) is 2. The largest absolute Gasteiger partial charge is 0.496 e. The van der Waals surface area contributed by atoms with Crippen LogP contribution in [0.2, 0.25) is 0 Å². The highest BCUT2D eigenvalue weighted by Crippen LogP contribution is 2.24. The van der Waals surface area contributed by atoms with Crippen molar-refractivity contribution in [1.82, 2.24) is 4.68 Å². The van der Waals surface area contributed by atoms with Crippen LogP contribution >= 0.6 is 0 Å². The van der Waals surface area contributed by atoms with Gasteiger partial charge in [-0.1, -0.05) is 22.4 Å². The van der Waals surface area contributed by atoms with Crippen LogP contribution in [0.25, 0.3) is 0 Å². The van der Waals surface area contributed by atoms with E-state index in [1.165, 1.54) is 0 Å². The lowest BCUT2D eigenvalue weighted by molar-refractivity contribution is -0.699. The fourth-order valence-electron chi connectivity index (χ4n) is 3.35. The van der Waals surface area contributed by atoms with Crippen molar-refractivity contribution in [2.45, 2.75) is 64.8 Å². The van der Waals surface area contributed by atoms with Gasteiger partial charge in [0.05, 0.1) is 13.2 Å². The first-order valence-electron chi connectivity index (χ1n) is 9.69. The van der Waals surface area contributed by atoms with Crippen LogP contribution in [0.3, 0.4) is 0 Å². The molecule has 0 saturated carbocycles. The zero-order chi connectivity index (χ0) is 21.6. The fourth-order valence-corrected chi connectivity index (χ4v) is 4.72. The van der Waals surface area contributed by atoms with Gasteiger partial charge in [0.15, 0.2) is 6.20 Å². The highest BCUT2D eigenvalue weighted by atomic mass is 32.2. The number of nitrogens with zero attached hydrogens (tertiary/aromatic N) is 2. The predicted molar refractivity (Wildman–Crippen MR) is 108 cm³/mol. The smallest absolute Gasteiger partial charge is 0.466 e. The molecule has 29 heavy (non-hydrogen) atoms. The number of aryl methyl sites for hydroxylation is 4. The molecule has 0 bridgehead atoms. The van der Waals surface area contributed by atoms with Gasteiger partial charge < -0.3 is 8.92 Å². The molecule has 2 N–H and O–H groups in total. The molecule has 0 amide bonds. The molecule has 0 saturated heterocycles. The van der Waals surface area contributed by atoms with Gasteiger partial charge in [-0.3, -0.25) is 10.6 Å². The quantitative estimate of drug-likeness (QED) is 0.206. The fraction of sp³-hybridized carbons (Fsp3) is 0.500. The summed E-state index contributed by atoms with van der Waals surface area (Å²) in [6.45, 7) is 8.08. The van der Waals surface area contributed by atoms with E-state index in [0.717, 1.165) is 23.1 Å². The van der Waals surface area contributed by atoms with E-state index in [9.17, 15) is 13.2 Å². The number of esters is 1. The van der Waals surface area contributed by atoms with Crippen molar-refractivity contribution in [3.63, 3.8) is 0 Å². The Morgan fingerprint density at radius 2 is 1.79 bits per heavy atom. The summed E-state index contributed by atoms with van der Waals surface area (Å²) in [4.78, 5) is 11.5. The Hall–Kier alpha value is -2.55. The summed E-state index contributed by atoms with van der Waals surface area (Å²) in [7, 11) is -4.04. The number of aromatic nitrogens is 2. The molecule has 0 atom stereocenters. The molecular weight excluding hydrogens is 394 g/mol. The Labute approximate surface area is 172 Å². The summed E-state index contributed by atoms with van der Waals surface area (Å²) in [6.07, 6.45) is 5.83. The second kappa shape index (κ2) is 9.78. The first-order valence-corrected chi connectivity index (χ1v) is 11.1. The van der Waals surface area contributed by atoms with Crippen LogP contribution in [-0.4, -0.2) is 25.7 Å². The number of rotatable bonds is 10. The summed E-state index contributed by atoms with van der Waals surface area (Å²) in [5, 5.41) is 0. The van der Waals surface area contributed by atoms with E-state index >= 15 is 0 Å². The van der Waals surface area contributed by atoms with Crippen LogP contribution in [0.4, 0.5) is 0 Å². The summed E-state index contributed by atoms with van der Waals surface area (Å²) in [5.74, 6) is 5.67. The van der Waals surface area contributed by atoms with Crippen LogP contribution in [0.5, 0.6) is 6.01 Å². The van der Waals surface area contributed by atoms with Gasteiger partial charge in [-0.05, 0) is 58.1 Å². The summed E-state index contributed by atoms with van der Waals surface area (Å²) in [6, 6.07) is 3.65. The van der Waals surface area contributed by atoms with Crippen molar-refractivity contribution >= 4 is 16.1 Å². The number of hydrogen-bond acceptors (Lipinski definition) is 6. The van der Waals surface area contributed by atoms with E-state index < -0.39 is 10.1 Å². The molecule has 8 nitrogen and oxygen atoms in total.